The van der Waals surface area contributed by atoms with E-state index in [-0.39, 0.29) is 0 Å². The van der Waals surface area contributed by atoms with Crippen LogP contribution in [0.2, 0.25) is 0 Å². The molecule has 0 fully saturated rings. The van der Waals surface area contributed by atoms with Gasteiger partial charge in [0.05, 0.1) is 11.0 Å². The number of nitrogens with two attached hydrogens (primary N) is 1. The maximum Gasteiger partial charge on any atom is 0.141 e. The number of anilines is 1. The number of aromatic nitrogens is 2. The van der Waals surface area contributed by atoms with Gasteiger partial charge in [0.1, 0.15) is 5.82 Å². The highest BCUT2D eigenvalue weighted by atomic mass is 15.1. The number of imidazole rings is 1. The number of hydrogen-bond acceptors (Lipinski definition) is 2. The smallest absolute Gasteiger partial charge is 0.141 e. The molecule has 0 spiro atoms. The van der Waals surface area contributed by atoms with Gasteiger partial charge >= 0.3 is 0 Å². The molecule has 3 nitrogen and oxygen atoms in total. The number of benzene rings is 2. The summed E-state index contributed by atoms with van der Waals surface area (Å²) in [6.07, 6.45) is 1.03. The van der Waals surface area contributed by atoms with E-state index in [1.807, 2.05) is 24.3 Å². The van der Waals surface area contributed by atoms with E-state index in [4.69, 9.17) is 10.7 Å². The molecule has 3 rings (SSSR count). The monoisotopic (exact) mass is 279 g/mol. The summed E-state index contributed by atoms with van der Waals surface area (Å²) in [5.41, 5.74) is 11.2. The van der Waals surface area contributed by atoms with Crippen molar-refractivity contribution < 1.29 is 0 Å². The molecule has 0 radical (unpaired) electrons. The van der Waals surface area contributed by atoms with Gasteiger partial charge in [-0.15, -0.1) is 0 Å². The molecule has 0 bridgehead atoms. The Labute approximate surface area is 125 Å². The Balaban J connectivity index is 2.25. The first-order chi connectivity index (χ1) is 10.1. The van der Waals surface area contributed by atoms with Crippen LogP contribution in [0.4, 0.5) is 5.69 Å². The summed E-state index contributed by atoms with van der Waals surface area (Å²) in [5, 5.41) is 0. The molecule has 2 aromatic carbocycles. The first-order valence-corrected chi connectivity index (χ1v) is 7.47. The predicted molar refractivity (Wildman–Crippen MR) is 89.3 cm³/mol. The summed E-state index contributed by atoms with van der Waals surface area (Å²) in [5.74, 6) is 1.01. The van der Waals surface area contributed by atoms with Crippen molar-refractivity contribution in [3.63, 3.8) is 0 Å². The number of fused-ring (bicyclic) bond motifs is 1. The van der Waals surface area contributed by atoms with E-state index in [9.17, 15) is 0 Å². The number of rotatable bonds is 3. The van der Waals surface area contributed by atoms with Crippen LogP contribution in [0.25, 0.3) is 22.4 Å². The average molecular weight is 279 g/mol. The van der Waals surface area contributed by atoms with Crippen molar-refractivity contribution in [1.82, 2.24) is 9.55 Å². The third-order valence-electron chi connectivity index (χ3n) is 3.85. The molecule has 0 aliphatic carbocycles. The molecule has 108 valence electrons. The zero-order valence-corrected chi connectivity index (χ0v) is 12.8. The topological polar surface area (TPSA) is 43.8 Å². The Morgan fingerprint density at radius 3 is 2.43 bits per heavy atom. The largest absolute Gasteiger partial charge is 0.399 e. The van der Waals surface area contributed by atoms with Gasteiger partial charge in [-0.05, 0) is 62.2 Å². The lowest BCUT2D eigenvalue weighted by Gasteiger charge is -2.13. The van der Waals surface area contributed by atoms with Crippen LogP contribution in [-0.4, -0.2) is 9.55 Å². The Morgan fingerprint density at radius 1 is 1.10 bits per heavy atom. The summed E-state index contributed by atoms with van der Waals surface area (Å²) in [4.78, 5) is 4.86. The van der Waals surface area contributed by atoms with Crippen LogP contribution in [0.3, 0.4) is 0 Å². The number of aryl methyl sites for hydroxylation is 1. The highest BCUT2D eigenvalue weighted by Gasteiger charge is 2.15. The third-order valence-corrected chi connectivity index (χ3v) is 3.85. The SMILES string of the molecule is CCc1ccc2c(c1)nc(-c1ccc(N)cc1)n2C(C)C. The molecular weight excluding hydrogens is 258 g/mol. The molecule has 3 aromatic rings. The zero-order valence-electron chi connectivity index (χ0n) is 12.8. The van der Waals surface area contributed by atoms with Gasteiger partial charge in [-0.3, -0.25) is 0 Å². The Morgan fingerprint density at radius 2 is 1.81 bits per heavy atom. The normalized spacial score (nSPS) is 11.4. The van der Waals surface area contributed by atoms with Gasteiger partial charge in [0, 0.05) is 17.3 Å². The van der Waals surface area contributed by atoms with Gasteiger partial charge in [-0.1, -0.05) is 13.0 Å². The van der Waals surface area contributed by atoms with Crippen LogP contribution in [0.5, 0.6) is 0 Å². The molecule has 0 saturated heterocycles. The van der Waals surface area contributed by atoms with Crippen LogP contribution in [-0.2, 0) is 6.42 Å². The molecular formula is C18H21N3. The number of nitrogen functional groups attached to an aromatic ring is 1. The number of nitrogens with zero attached hydrogens (tertiary/aromatic N) is 2. The Kier molecular flexibility index (Phi) is 3.42. The van der Waals surface area contributed by atoms with Crippen LogP contribution in [0, 0.1) is 0 Å². The van der Waals surface area contributed by atoms with Gasteiger partial charge in [0.2, 0.25) is 0 Å². The molecule has 1 aromatic heterocycles. The molecule has 0 aliphatic heterocycles. The quantitative estimate of drug-likeness (QED) is 0.721. The summed E-state index contributed by atoms with van der Waals surface area (Å²) in [7, 11) is 0. The number of hydrogen-bond donors (Lipinski definition) is 1. The van der Waals surface area contributed by atoms with Crippen molar-refractivity contribution in [2.75, 3.05) is 5.73 Å². The highest BCUT2D eigenvalue weighted by Crippen LogP contribution is 2.29. The summed E-state index contributed by atoms with van der Waals surface area (Å²) < 4.78 is 2.29. The second kappa shape index (κ2) is 5.24. The maximum atomic E-state index is 5.79. The second-order valence-corrected chi connectivity index (χ2v) is 5.70. The van der Waals surface area contributed by atoms with Crippen molar-refractivity contribution in [2.45, 2.75) is 33.2 Å². The van der Waals surface area contributed by atoms with E-state index in [1.54, 1.807) is 0 Å². The van der Waals surface area contributed by atoms with Gasteiger partial charge in [0.25, 0.3) is 0 Å². The highest BCUT2D eigenvalue weighted by molar-refractivity contribution is 5.81. The van der Waals surface area contributed by atoms with Crippen LogP contribution in [0.15, 0.2) is 42.5 Å². The van der Waals surface area contributed by atoms with E-state index < -0.39 is 0 Å². The minimum Gasteiger partial charge on any atom is -0.399 e. The minimum atomic E-state index is 0.357. The first kappa shape index (κ1) is 13.7. The average Bonchev–Trinajstić information content (AvgIpc) is 2.86. The van der Waals surface area contributed by atoms with Crippen LogP contribution < -0.4 is 5.73 Å². The molecule has 0 atom stereocenters. The van der Waals surface area contributed by atoms with Gasteiger partial charge in [-0.25, -0.2) is 4.98 Å². The molecule has 0 aliphatic rings. The summed E-state index contributed by atoms with van der Waals surface area (Å²) in [6.45, 7) is 6.55. The molecule has 0 amide bonds. The van der Waals surface area contributed by atoms with Crippen molar-refractivity contribution in [2.24, 2.45) is 0 Å². The van der Waals surface area contributed by atoms with Gasteiger partial charge < -0.3 is 10.3 Å². The third kappa shape index (κ3) is 2.40. The van der Waals surface area contributed by atoms with E-state index in [1.165, 1.54) is 11.1 Å². The van der Waals surface area contributed by atoms with Crippen molar-refractivity contribution in [3.8, 4) is 11.4 Å². The van der Waals surface area contributed by atoms with Crippen molar-refractivity contribution >= 4 is 16.7 Å². The molecule has 1 heterocycles. The van der Waals surface area contributed by atoms with Crippen molar-refractivity contribution in [3.05, 3.63) is 48.0 Å². The lowest BCUT2D eigenvalue weighted by Crippen LogP contribution is -2.03. The van der Waals surface area contributed by atoms with E-state index in [0.29, 0.717) is 6.04 Å². The van der Waals surface area contributed by atoms with Gasteiger partial charge in [0.15, 0.2) is 0 Å². The lowest BCUT2D eigenvalue weighted by molar-refractivity contribution is 0.624. The molecule has 3 heteroatoms. The maximum absolute atomic E-state index is 5.79. The fourth-order valence-electron chi connectivity index (χ4n) is 2.72. The molecule has 0 saturated carbocycles. The van der Waals surface area contributed by atoms with Crippen LogP contribution in [0.1, 0.15) is 32.4 Å². The predicted octanol–water partition coefficient (Wildman–Crippen LogP) is 4.43. The Bertz CT molecular complexity index is 767. The summed E-state index contributed by atoms with van der Waals surface area (Å²) >= 11 is 0. The first-order valence-electron chi connectivity index (χ1n) is 7.47. The van der Waals surface area contributed by atoms with Gasteiger partial charge in [-0.2, -0.15) is 0 Å². The van der Waals surface area contributed by atoms with Crippen molar-refractivity contribution in [1.29, 1.82) is 0 Å². The second-order valence-electron chi connectivity index (χ2n) is 5.70. The summed E-state index contributed by atoms with van der Waals surface area (Å²) in [6, 6.07) is 14.8. The van der Waals surface area contributed by atoms with E-state index >= 15 is 0 Å². The minimum absolute atomic E-state index is 0.357. The fourth-order valence-corrected chi connectivity index (χ4v) is 2.72. The standard InChI is InChI=1S/C18H21N3/c1-4-13-5-10-17-16(11-13)20-18(21(17)12(2)3)14-6-8-15(19)9-7-14/h5-12H,4,19H2,1-3H3. The zero-order chi connectivity index (χ0) is 15.0. The van der Waals surface area contributed by atoms with Crippen LogP contribution >= 0.6 is 0 Å². The fraction of sp³-hybridized carbons (Fsp3) is 0.278. The molecule has 2 N–H and O–H groups in total. The Hall–Kier alpha value is -2.29. The van der Waals surface area contributed by atoms with E-state index in [2.05, 4.69) is 43.5 Å². The molecule has 0 unspecified atom stereocenters. The lowest BCUT2D eigenvalue weighted by atomic mass is 10.1. The molecule has 21 heavy (non-hydrogen) atoms. The van der Waals surface area contributed by atoms with E-state index in [0.717, 1.165) is 29.0 Å².